The van der Waals surface area contributed by atoms with Crippen molar-refractivity contribution in [3.05, 3.63) is 98.5 Å². The standard InChI is InChI=1S/C32H32Cl3N3O3/c1-32(15-6-16-38(32)19-20-11-13-25(34)26(35)17-20)31(41)36-27-14-12-23(33)18-24(27)28(21-7-3-2-4-8-21)37-29(30(39)40)22-9-5-10-22/h2-4,7-8,11-14,17-18,22,29H,5-6,9-10,15-16,19H2,1H3,(H,36,41)(H,39,40)/t29-,32+/m1/s1. The van der Waals surface area contributed by atoms with Crippen LogP contribution in [-0.4, -0.2) is 45.7 Å². The quantitative estimate of drug-likeness (QED) is 0.242. The van der Waals surface area contributed by atoms with Crippen LogP contribution in [0.25, 0.3) is 0 Å². The molecule has 0 unspecified atom stereocenters. The fraction of sp³-hybridized carbons (Fsp3) is 0.344. The topological polar surface area (TPSA) is 82.0 Å². The first-order valence-corrected chi connectivity index (χ1v) is 15.0. The van der Waals surface area contributed by atoms with Crippen molar-refractivity contribution in [2.75, 3.05) is 11.9 Å². The third kappa shape index (κ3) is 6.46. The van der Waals surface area contributed by atoms with Crippen LogP contribution in [0.2, 0.25) is 15.1 Å². The lowest BCUT2D eigenvalue weighted by molar-refractivity contribution is -0.140. The van der Waals surface area contributed by atoms with E-state index in [1.54, 1.807) is 24.3 Å². The number of carbonyl (C=O) groups is 2. The maximum absolute atomic E-state index is 14.0. The predicted molar refractivity (Wildman–Crippen MR) is 165 cm³/mol. The molecule has 2 atom stereocenters. The number of aliphatic carboxylic acids is 1. The number of anilines is 1. The smallest absolute Gasteiger partial charge is 0.328 e. The van der Waals surface area contributed by atoms with Crippen molar-refractivity contribution < 1.29 is 14.7 Å². The van der Waals surface area contributed by atoms with Gasteiger partial charge in [0.05, 0.1) is 27.0 Å². The molecular weight excluding hydrogens is 581 g/mol. The van der Waals surface area contributed by atoms with Gasteiger partial charge in [-0.15, -0.1) is 0 Å². The van der Waals surface area contributed by atoms with E-state index in [2.05, 4.69) is 10.2 Å². The largest absolute Gasteiger partial charge is 0.480 e. The first-order chi connectivity index (χ1) is 19.7. The van der Waals surface area contributed by atoms with E-state index in [-0.39, 0.29) is 11.8 Å². The average molecular weight is 613 g/mol. The molecule has 1 heterocycles. The van der Waals surface area contributed by atoms with Crippen molar-refractivity contribution in [3.63, 3.8) is 0 Å². The Hall–Kier alpha value is -2.90. The number of hydrogen-bond acceptors (Lipinski definition) is 4. The van der Waals surface area contributed by atoms with Crippen molar-refractivity contribution in [2.45, 2.75) is 57.2 Å². The van der Waals surface area contributed by atoms with Gasteiger partial charge < -0.3 is 10.4 Å². The Labute approximate surface area is 255 Å². The van der Waals surface area contributed by atoms with Crippen LogP contribution in [-0.2, 0) is 16.1 Å². The van der Waals surface area contributed by atoms with Gasteiger partial charge in [-0.3, -0.25) is 14.7 Å². The minimum atomic E-state index is -0.952. The molecule has 1 saturated carbocycles. The van der Waals surface area contributed by atoms with E-state index in [4.69, 9.17) is 39.8 Å². The fourth-order valence-electron chi connectivity index (χ4n) is 5.62. The molecule has 1 aliphatic carbocycles. The molecular formula is C32H32Cl3N3O3. The molecule has 6 nitrogen and oxygen atoms in total. The summed E-state index contributed by atoms with van der Waals surface area (Å²) in [5.74, 6) is -1.12. The highest BCUT2D eigenvalue weighted by Crippen LogP contribution is 2.36. The summed E-state index contributed by atoms with van der Waals surface area (Å²) in [4.78, 5) is 33.2. The lowest BCUT2D eigenvalue weighted by atomic mass is 9.79. The maximum Gasteiger partial charge on any atom is 0.328 e. The van der Waals surface area contributed by atoms with Gasteiger partial charge in [0.25, 0.3) is 0 Å². The fourth-order valence-corrected chi connectivity index (χ4v) is 6.11. The Morgan fingerprint density at radius 2 is 1.78 bits per heavy atom. The zero-order chi connectivity index (χ0) is 29.1. The first kappa shape index (κ1) is 29.6. The van der Waals surface area contributed by atoms with E-state index < -0.39 is 17.6 Å². The zero-order valence-corrected chi connectivity index (χ0v) is 25.0. The molecule has 0 bridgehead atoms. The van der Waals surface area contributed by atoms with Gasteiger partial charge in [-0.25, -0.2) is 4.79 Å². The number of carboxylic acids is 1. The molecule has 3 aromatic carbocycles. The highest BCUT2D eigenvalue weighted by molar-refractivity contribution is 6.42. The lowest BCUT2D eigenvalue weighted by Gasteiger charge is -2.34. The SMILES string of the molecule is C[C@@]1(C(=O)Nc2ccc(Cl)cc2C(=N[C@@H](C(=O)O)C2CCC2)c2ccccc2)CCCN1Cc1ccc(Cl)c(Cl)c1. The van der Waals surface area contributed by atoms with Gasteiger partial charge in [-0.2, -0.15) is 0 Å². The van der Waals surface area contributed by atoms with Gasteiger partial charge >= 0.3 is 5.97 Å². The van der Waals surface area contributed by atoms with E-state index in [1.165, 1.54) is 0 Å². The van der Waals surface area contributed by atoms with Gasteiger partial charge in [0.15, 0.2) is 6.04 Å². The minimum absolute atomic E-state index is 0.0178. The number of carbonyl (C=O) groups excluding carboxylic acids is 1. The number of hydrogen-bond donors (Lipinski definition) is 2. The van der Waals surface area contributed by atoms with E-state index in [0.29, 0.717) is 45.0 Å². The van der Waals surface area contributed by atoms with Crippen LogP contribution in [0, 0.1) is 5.92 Å². The summed E-state index contributed by atoms with van der Waals surface area (Å²) in [7, 11) is 0. The van der Waals surface area contributed by atoms with Gasteiger partial charge in [0.1, 0.15) is 0 Å². The summed E-state index contributed by atoms with van der Waals surface area (Å²) in [6.07, 6.45) is 4.21. The number of benzene rings is 3. The highest BCUT2D eigenvalue weighted by atomic mass is 35.5. The molecule has 0 spiro atoms. The molecule has 2 fully saturated rings. The van der Waals surface area contributed by atoms with E-state index in [9.17, 15) is 14.7 Å². The van der Waals surface area contributed by atoms with Gasteiger partial charge in [0, 0.05) is 22.7 Å². The number of amides is 1. The Morgan fingerprint density at radius 3 is 2.44 bits per heavy atom. The number of likely N-dealkylation sites (tertiary alicyclic amines) is 1. The number of carboxylic acid groups (broad SMARTS) is 1. The molecule has 1 saturated heterocycles. The summed E-state index contributed by atoms with van der Waals surface area (Å²) < 4.78 is 0. The van der Waals surface area contributed by atoms with Gasteiger partial charge in [0.2, 0.25) is 5.91 Å². The monoisotopic (exact) mass is 611 g/mol. The molecule has 0 aromatic heterocycles. The zero-order valence-electron chi connectivity index (χ0n) is 22.7. The molecule has 9 heteroatoms. The summed E-state index contributed by atoms with van der Waals surface area (Å²) in [5.41, 5.74) is 2.56. The van der Waals surface area contributed by atoms with Gasteiger partial charge in [-0.1, -0.05) is 77.6 Å². The lowest BCUT2D eigenvalue weighted by Crippen LogP contribution is -2.50. The van der Waals surface area contributed by atoms with E-state index in [1.807, 2.05) is 49.4 Å². The van der Waals surface area contributed by atoms with Crippen LogP contribution in [0.4, 0.5) is 5.69 Å². The average Bonchev–Trinajstić information content (AvgIpc) is 3.30. The molecule has 1 aliphatic heterocycles. The maximum atomic E-state index is 14.0. The van der Waals surface area contributed by atoms with E-state index >= 15 is 0 Å². The third-order valence-corrected chi connectivity index (χ3v) is 9.26. The number of halogens is 3. The van der Waals surface area contributed by atoms with Crippen molar-refractivity contribution in [1.29, 1.82) is 0 Å². The van der Waals surface area contributed by atoms with Crippen molar-refractivity contribution in [3.8, 4) is 0 Å². The van der Waals surface area contributed by atoms with Crippen LogP contribution in [0.5, 0.6) is 0 Å². The Morgan fingerprint density at radius 1 is 1.02 bits per heavy atom. The highest BCUT2D eigenvalue weighted by Gasteiger charge is 2.43. The van der Waals surface area contributed by atoms with Crippen molar-refractivity contribution in [1.82, 2.24) is 4.90 Å². The normalized spacial score (nSPS) is 20.4. The number of nitrogens with one attached hydrogen (secondary N) is 1. The predicted octanol–water partition coefficient (Wildman–Crippen LogP) is 7.73. The van der Waals surface area contributed by atoms with E-state index in [0.717, 1.165) is 43.4 Å². The Kier molecular flexibility index (Phi) is 9.05. The van der Waals surface area contributed by atoms with Crippen molar-refractivity contribution in [2.24, 2.45) is 10.9 Å². The second-order valence-corrected chi connectivity index (χ2v) is 12.3. The van der Waals surface area contributed by atoms with Crippen LogP contribution >= 0.6 is 34.8 Å². The molecule has 1 amide bonds. The summed E-state index contributed by atoms with van der Waals surface area (Å²) >= 11 is 18.8. The molecule has 3 aromatic rings. The van der Waals surface area contributed by atoms with Gasteiger partial charge in [-0.05, 0) is 81.0 Å². The second kappa shape index (κ2) is 12.5. The molecule has 2 aliphatic rings. The van der Waals surface area contributed by atoms with Crippen LogP contribution in [0.1, 0.15) is 55.7 Å². The number of nitrogens with zero attached hydrogens (tertiary/aromatic N) is 2. The van der Waals surface area contributed by atoms with Crippen molar-refractivity contribution >= 4 is 58.1 Å². The molecule has 41 heavy (non-hydrogen) atoms. The number of rotatable bonds is 9. The molecule has 0 radical (unpaired) electrons. The summed E-state index contributed by atoms with van der Waals surface area (Å²) in [5, 5.41) is 14.6. The van der Waals surface area contributed by atoms with Crippen LogP contribution in [0.15, 0.2) is 71.7 Å². The molecule has 5 rings (SSSR count). The van der Waals surface area contributed by atoms with Crippen LogP contribution in [0.3, 0.4) is 0 Å². The molecule has 214 valence electrons. The third-order valence-electron chi connectivity index (χ3n) is 8.29. The summed E-state index contributed by atoms with van der Waals surface area (Å²) in [6.45, 7) is 3.26. The first-order valence-electron chi connectivity index (χ1n) is 13.8. The molecule has 2 N–H and O–H groups in total. The summed E-state index contributed by atoms with van der Waals surface area (Å²) in [6, 6.07) is 19.3. The number of aliphatic imine (C=N–C) groups is 1. The van der Waals surface area contributed by atoms with Crippen LogP contribution < -0.4 is 5.32 Å². The Balaban J connectivity index is 1.49. The Bertz CT molecular complexity index is 1480. The minimum Gasteiger partial charge on any atom is -0.480 e. The second-order valence-electron chi connectivity index (χ2n) is 11.0.